The maximum atomic E-state index is 14.8. The van der Waals surface area contributed by atoms with Crippen LogP contribution in [0.2, 0.25) is 0 Å². The number of amides is 1. The summed E-state index contributed by atoms with van der Waals surface area (Å²) in [5.74, 6) is -3.60. The number of aliphatic hydroxyl groups is 5. The first kappa shape index (κ1) is 69.7. The number of nitrogens with zero attached hydrogens (tertiary/aromatic N) is 2. The zero-order valence-electron chi connectivity index (χ0n) is 53.5. The van der Waals surface area contributed by atoms with E-state index in [1.807, 2.05) is 46.7 Å². The van der Waals surface area contributed by atoms with Gasteiger partial charge in [-0.2, -0.15) is 0 Å². The van der Waals surface area contributed by atoms with Crippen LogP contribution in [-0.4, -0.2) is 165 Å². The summed E-state index contributed by atoms with van der Waals surface area (Å²) in [4.78, 5) is 33.0. The molecular weight excluding hydrogens is 1080 g/mol. The predicted octanol–water partition coefficient (Wildman–Crippen LogP) is 9.48. The predicted molar refractivity (Wildman–Crippen MR) is 339 cm³/mol. The molecule has 0 saturated carbocycles. The molecule has 0 radical (unpaired) electrons. The minimum atomic E-state index is -2.21. The first-order valence-electron chi connectivity index (χ1n) is 32.2. The average molecular weight is 1190 g/mol. The van der Waals surface area contributed by atoms with Gasteiger partial charge in [-0.15, -0.1) is 0 Å². The van der Waals surface area contributed by atoms with Crippen molar-refractivity contribution in [3.8, 4) is 0 Å². The summed E-state index contributed by atoms with van der Waals surface area (Å²) >= 11 is 0. The number of ether oxygens (including phenoxy) is 5. The zero-order chi connectivity index (χ0) is 61.6. The number of rotatable bonds is 23. The fourth-order valence-corrected chi connectivity index (χ4v) is 19.8. The van der Waals surface area contributed by atoms with Gasteiger partial charge < -0.3 is 59.0 Å². The number of esters is 1. The van der Waals surface area contributed by atoms with Crippen LogP contribution in [0.4, 0.5) is 0 Å². The molecule has 3 aromatic rings. The van der Waals surface area contributed by atoms with E-state index in [1.165, 1.54) is 74.6 Å². The van der Waals surface area contributed by atoms with Crippen LogP contribution in [0.1, 0.15) is 172 Å². The van der Waals surface area contributed by atoms with E-state index in [0.717, 1.165) is 25.7 Å². The smallest absolute Gasteiger partial charge is 0.126 e. The quantitative estimate of drug-likeness (QED) is 0.0344. The number of likely N-dealkylation sites (N-methyl/N-ethyl adjacent to an activating group) is 1. The first-order valence-corrected chi connectivity index (χ1v) is 34.4. The average Bonchev–Trinajstić information content (AvgIpc) is 2.09. The molecule has 6 rings (SSSR count). The van der Waals surface area contributed by atoms with Gasteiger partial charge in [0.2, 0.25) is 5.91 Å². The van der Waals surface area contributed by atoms with Crippen LogP contribution in [0.5, 0.6) is 0 Å². The van der Waals surface area contributed by atoms with Gasteiger partial charge in [0.15, 0.2) is 6.29 Å². The van der Waals surface area contributed by atoms with E-state index in [2.05, 4.69) is 91.0 Å². The Hall–Kier alpha value is -3.37. The van der Waals surface area contributed by atoms with Gasteiger partial charge in [-0.05, 0) is 86.7 Å². The van der Waals surface area contributed by atoms with Crippen LogP contribution in [0, 0.1) is 23.7 Å². The van der Waals surface area contributed by atoms with Crippen LogP contribution in [0.15, 0.2) is 91.0 Å². The fraction of sp³-hybridized carbons (Fsp3) is 0.710. The molecule has 1 amide bonds. The second-order valence-corrected chi connectivity index (χ2v) is 30.8. The van der Waals surface area contributed by atoms with E-state index in [9.17, 15) is 35.1 Å². The van der Waals surface area contributed by atoms with Crippen LogP contribution in [0.3, 0.4) is 0 Å². The molecule has 0 aromatic heterocycles. The van der Waals surface area contributed by atoms with Crippen LogP contribution >= 0.6 is 7.26 Å². The molecule has 474 valence electrons. The van der Waals surface area contributed by atoms with Crippen molar-refractivity contribution in [3.05, 3.63) is 91.0 Å². The third-order valence-electron chi connectivity index (χ3n) is 19.8. The number of carbonyl (C=O) groups excluding carboxylic acids is 2. The van der Waals surface area contributed by atoms with Gasteiger partial charge in [0.1, 0.15) is 30.0 Å². The molecule has 3 aliphatic rings. The molecule has 0 bridgehead atoms. The molecule has 15 heteroatoms. The van der Waals surface area contributed by atoms with Crippen molar-refractivity contribution in [2.24, 2.45) is 23.7 Å². The molecule has 3 fully saturated rings. The number of methoxy groups -OCH3 is 1. The largest absolute Gasteiger partial charge is 0.388 e. The number of carbonyl (C=O) groups is 2. The van der Waals surface area contributed by atoms with E-state index >= 15 is 0 Å². The maximum Gasteiger partial charge on any atom is 0.126 e. The van der Waals surface area contributed by atoms with E-state index in [4.69, 9.17) is 23.7 Å². The summed E-state index contributed by atoms with van der Waals surface area (Å²) in [6.45, 7) is 17.9. The van der Waals surface area contributed by atoms with Gasteiger partial charge in [0.25, 0.3) is 0 Å². The third-order valence-corrected chi connectivity index (χ3v) is 24.9. The third kappa shape index (κ3) is 17.1. The first-order chi connectivity index (χ1) is 39.8. The molecule has 3 aliphatic heterocycles. The molecule has 0 spiro atoms. The monoisotopic (exact) mass is 1190 g/mol. The van der Waals surface area contributed by atoms with E-state index in [0.29, 0.717) is 12.8 Å². The summed E-state index contributed by atoms with van der Waals surface area (Å²) in [6.07, 6.45) is 5.78. The van der Waals surface area contributed by atoms with Crippen molar-refractivity contribution in [1.82, 2.24) is 9.80 Å². The normalized spacial score (nSPS) is 35.2. The van der Waals surface area contributed by atoms with Gasteiger partial charge in [0.05, 0.1) is 47.6 Å². The topological polar surface area (TPSA) is 188 Å². The van der Waals surface area contributed by atoms with Crippen molar-refractivity contribution in [1.29, 1.82) is 0 Å². The Balaban J connectivity index is 1.11. The van der Waals surface area contributed by atoms with Crippen LogP contribution < -0.4 is 15.9 Å². The van der Waals surface area contributed by atoms with Gasteiger partial charge in [0, 0.05) is 38.5 Å². The minimum absolute atomic E-state index is 0.110. The Morgan fingerprint density at radius 2 is 1.21 bits per heavy atom. The molecule has 18 atom stereocenters. The second kappa shape index (κ2) is 31.7. The Labute approximate surface area is 506 Å². The fourth-order valence-electron chi connectivity index (χ4n) is 14.9. The van der Waals surface area contributed by atoms with Gasteiger partial charge in [-0.3, -0.25) is 9.59 Å². The summed E-state index contributed by atoms with van der Waals surface area (Å²) in [5, 5.41) is 65.3. The standard InChI is InChI=1S/C69H111N2O12P/c1-14-58-69(10,78)62(74)51(6)71(59(72)41-33-22-20-18-16-15-17-19-21-23-34-42-84(53-35-27-24-28-36-53,54-37-29-25-30-38-54)55-39-31-26-32-40-55)46-47(2)44-67(8,77)64(83-66-61(73)56(70(11)12)43-48(3)80-66)49(4)60(50(5)65(76)82-58)57-45-68(9,79-13)63(75)52(7)81-57/h24-32,35-40,47-52,56-58,60-64,66,73-75,77-78,84H,14-23,33-34,41-46H2,1-13H3/t47-,48-,49+,50-,51-,52+,56+,57-,58-,60?,61-,62-,63+,64-,66+,67-,68-,69-/m1/s1. The number of benzene rings is 3. The second-order valence-electron chi connectivity index (χ2n) is 26.7. The molecule has 1 unspecified atom stereocenters. The minimum Gasteiger partial charge on any atom is -0.388 e. The van der Waals surface area contributed by atoms with E-state index < -0.39 is 103 Å². The molecule has 3 heterocycles. The summed E-state index contributed by atoms with van der Waals surface area (Å²) in [6, 6.07) is 32.3. The van der Waals surface area contributed by atoms with Crippen molar-refractivity contribution >= 4 is 35.1 Å². The molecule has 3 aromatic carbocycles. The van der Waals surface area contributed by atoms with Gasteiger partial charge in [-0.25, -0.2) is 0 Å². The molecule has 14 nitrogen and oxygen atoms in total. The molecule has 84 heavy (non-hydrogen) atoms. The molecule has 3 saturated heterocycles. The number of aliphatic hydroxyl groups excluding tert-OH is 3. The van der Waals surface area contributed by atoms with Gasteiger partial charge >= 0.3 is 197 Å². The maximum absolute atomic E-state index is 14.8. The Bertz CT molecular complexity index is 2320. The van der Waals surface area contributed by atoms with Crippen molar-refractivity contribution < 1.29 is 58.8 Å². The van der Waals surface area contributed by atoms with Crippen molar-refractivity contribution in [2.45, 2.75) is 256 Å². The van der Waals surface area contributed by atoms with Crippen LogP contribution in [0.25, 0.3) is 0 Å². The Morgan fingerprint density at radius 1 is 0.714 bits per heavy atom. The van der Waals surface area contributed by atoms with E-state index in [-0.39, 0.29) is 56.2 Å². The van der Waals surface area contributed by atoms with Crippen molar-refractivity contribution in [2.75, 3.05) is 33.9 Å². The summed E-state index contributed by atoms with van der Waals surface area (Å²) in [5.41, 5.74) is -4.71. The Morgan fingerprint density at radius 3 is 1.70 bits per heavy atom. The molecule has 0 aliphatic carbocycles. The van der Waals surface area contributed by atoms with Crippen molar-refractivity contribution in [3.63, 3.8) is 0 Å². The molecule has 5 N–H and O–H groups in total. The number of cyclic esters (lactones) is 1. The SMILES string of the molecule is CC[C@H]1OC(=O)[C@H](C)C([C@H]2C[C@@](C)(OC)[C@@H](O)[C@H](C)O2)[C@H](C)[C@@H](O[C@@H]2O[C@H](C)C[C@H](N(C)C)[C@H]2O)[C@](C)(O)C[C@@H](C)CN(C(=O)CCCCCCCCCCCCC[PH](c2ccccc2)(c2ccccc2)c2ccccc2)[C@H](C)[C@@H](O)[C@]1(C)O. The van der Waals surface area contributed by atoms with E-state index in [1.54, 1.807) is 39.5 Å². The van der Waals surface area contributed by atoms with Crippen LogP contribution in [-0.2, 0) is 33.3 Å². The number of hydrogen-bond acceptors (Lipinski definition) is 13. The molecular formula is C69H111N2O12P. The zero-order valence-corrected chi connectivity index (χ0v) is 54.5. The summed E-state index contributed by atoms with van der Waals surface area (Å²) < 4.78 is 32.2. The number of unbranched alkanes of at least 4 members (excludes halogenated alkanes) is 10. The van der Waals surface area contributed by atoms with Gasteiger partial charge in [-0.1, -0.05) is 27.7 Å². The summed E-state index contributed by atoms with van der Waals surface area (Å²) in [7, 11) is 3.12. The Kier molecular flexibility index (Phi) is 26.3. The number of hydrogen-bond donors (Lipinski definition) is 5.